The Bertz CT molecular complexity index is 425. The Labute approximate surface area is 94.9 Å². The molecule has 2 N–H and O–H groups in total. The number of rotatable bonds is 0. The number of halogens is 1. The molecule has 0 saturated carbocycles. The molecule has 3 atom stereocenters. The van der Waals surface area contributed by atoms with Gasteiger partial charge in [0.15, 0.2) is 0 Å². The van der Waals surface area contributed by atoms with E-state index in [2.05, 4.69) is 24.3 Å². The van der Waals surface area contributed by atoms with Crippen molar-refractivity contribution in [1.82, 2.24) is 0 Å². The SMILES string of the molecule is N[C@H]1C=C[C@@H]2C[C@H]1Cc1cc(Cl)ccc12. The Morgan fingerprint density at radius 2 is 2.13 bits per heavy atom. The van der Waals surface area contributed by atoms with Crippen LogP contribution in [0.5, 0.6) is 0 Å². The van der Waals surface area contributed by atoms with Crippen molar-refractivity contribution >= 4 is 11.6 Å². The molecule has 0 radical (unpaired) electrons. The van der Waals surface area contributed by atoms with E-state index >= 15 is 0 Å². The molecule has 0 fully saturated rings. The second-order valence-electron chi connectivity index (χ2n) is 4.61. The fourth-order valence-electron chi connectivity index (χ4n) is 2.83. The van der Waals surface area contributed by atoms with Crippen molar-refractivity contribution < 1.29 is 0 Å². The number of hydrogen-bond donors (Lipinski definition) is 1. The van der Waals surface area contributed by atoms with Crippen LogP contribution in [0.4, 0.5) is 0 Å². The third-order valence-electron chi connectivity index (χ3n) is 3.65. The van der Waals surface area contributed by atoms with Gasteiger partial charge in [0.1, 0.15) is 0 Å². The maximum atomic E-state index is 6.06. The first-order valence-corrected chi connectivity index (χ1v) is 5.84. The van der Waals surface area contributed by atoms with Crippen LogP contribution in [0.2, 0.25) is 5.02 Å². The predicted molar refractivity (Wildman–Crippen MR) is 63.1 cm³/mol. The molecule has 0 spiro atoms. The molecule has 1 nitrogen and oxygen atoms in total. The smallest absolute Gasteiger partial charge is 0.0408 e. The van der Waals surface area contributed by atoms with Gasteiger partial charge >= 0.3 is 0 Å². The monoisotopic (exact) mass is 219 g/mol. The fraction of sp³-hybridized carbons (Fsp3) is 0.385. The van der Waals surface area contributed by atoms with Crippen molar-refractivity contribution in [2.24, 2.45) is 11.7 Å². The standard InChI is InChI=1S/C13H14ClN/c14-11-2-3-12-8-1-4-13(15)10(5-8)6-9(12)7-11/h1-4,7-8,10,13H,5-6,15H2/t8-,10+,13+/m1/s1. The third-order valence-corrected chi connectivity index (χ3v) is 3.89. The van der Waals surface area contributed by atoms with Crippen molar-refractivity contribution in [3.05, 3.63) is 46.5 Å². The van der Waals surface area contributed by atoms with E-state index in [9.17, 15) is 0 Å². The zero-order chi connectivity index (χ0) is 10.4. The van der Waals surface area contributed by atoms with Crippen LogP contribution in [0.3, 0.4) is 0 Å². The van der Waals surface area contributed by atoms with Crippen LogP contribution in [-0.2, 0) is 6.42 Å². The summed E-state index contributed by atoms with van der Waals surface area (Å²) in [7, 11) is 0. The van der Waals surface area contributed by atoms with E-state index in [1.807, 2.05) is 6.07 Å². The average molecular weight is 220 g/mol. The van der Waals surface area contributed by atoms with Crippen molar-refractivity contribution in [3.63, 3.8) is 0 Å². The minimum Gasteiger partial charge on any atom is -0.324 e. The van der Waals surface area contributed by atoms with Gasteiger partial charge in [0, 0.05) is 17.0 Å². The summed E-state index contributed by atoms with van der Waals surface area (Å²) in [6, 6.07) is 6.48. The average Bonchev–Trinajstić information content (AvgIpc) is 2.23. The minimum atomic E-state index is 0.230. The van der Waals surface area contributed by atoms with Crippen LogP contribution in [0.25, 0.3) is 0 Å². The maximum Gasteiger partial charge on any atom is 0.0408 e. The summed E-state index contributed by atoms with van der Waals surface area (Å²) in [6.45, 7) is 0. The second-order valence-corrected chi connectivity index (χ2v) is 5.05. The third kappa shape index (κ3) is 1.51. The highest BCUT2D eigenvalue weighted by molar-refractivity contribution is 6.30. The summed E-state index contributed by atoms with van der Waals surface area (Å²) in [4.78, 5) is 0. The lowest BCUT2D eigenvalue weighted by Gasteiger charge is -2.36. The lowest BCUT2D eigenvalue weighted by Crippen LogP contribution is -2.36. The van der Waals surface area contributed by atoms with Crippen LogP contribution in [0, 0.1) is 5.92 Å². The van der Waals surface area contributed by atoms with Crippen molar-refractivity contribution in [1.29, 1.82) is 0 Å². The molecule has 0 unspecified atom stereocenters. The highest BCUT2D eigenvalue weighted by Crippen LogP contribution is 2.40. The lowest BCUT2D eigenvalue weighted by molar-refractivity contribution is 0.378. The van der Waals surface area contributed by atoms with Gasteiger partial charge < -0.3 is 5.73 Å². The van der Waals surface area contributed by atoms with Gasteiger partial charge in [0.25, 0.3) is 0 Å². The van der Waals surface area contributed by atoms with E-state index in [0.29, 0.717) is 11.8 Å². The van der Waals surface area contributed by atoms with Gasteiger partial charge in [-0.3, -0.25) is 0 Å². The molecular weight excluding hydrogens is 206 g/mol. The molecule has 2 bridgehead atoms. The van der Waals surface area contributed by atoms with E-state index in [-0.39, 0.29) is 6.04 Å². The van der Waals surface area contributed by atoms with Crippen LogP contribution in [-0.4, -0.2) is 6.04 Å². The van der Waals surface area contributed by atoms with Crippen LogP contribution >= 0.6 is 11.6 Å². The van der Waals surface area contributed by atoms with Gasteiger partial charge in [-0.2, -0.15) is 0 Å². The largest absolute Gasteiger partial charge is 0.324 e. The number of hydrogen-bond acceptors (Lipinski definition) is 1. The number of allylic oxidation sites excluding steroid dienone is 1. The quantitative estimate of drug-likeness (QED) is 0.668. The Morgan fingerprint density at radius 1 is 1.27 bits per heavy atom. The summed E-state index contributed by atoms with van der Waals surface area (Å²) in [5.41, 5.74) is 8.90. The molecule has 0 amide bonds. The minimum absolute atomic E-state index is 0.230. The van der Waals surface area contributed by atoms with E-state index < -0.39 is 0 Å². The van der Waals surface area contributed by atoms with Gasteiger partial charge in [0.05, 0.1) is 0 Å². The summed E-state index contributed by atoms with van der Waals surface area (Å²) >= 11 is 6.02. The maximum absolute atomic E-state index is 6.06. The highest BCUT2D eigenvalue weighted by atomic mass is 35.5. The molecule has 2 aliphatic rings. The molecule has 2 aliphatic carbocycles. The van der Waals surface area contributed by atoms with Gasteiger partial charge in [-0.1, -0.05) is 29.8 Å². The molecule has 3 rings (SSSR count). The summed E-state index contributed by atoms with van der Waals surface area (Å²) in [5, 5.41) is 0.839. The second kappa shape index (κ2) is 3.36. The molecule has 0 saturated heterocycles. The van der Waals surface area contributed by atoms with Crippen LogP contribution < -0.4 is 5.73 Å². The zero-order valence-electron chi connectivity index (χ0n) is 8.49. The van der Waals surface area contributed by atoms with Gasteiger partial charge in [-0.15, -0.1) is 0 Å². The van der Waals surface area contributed by atoms with Crippen molar-refractivity contribution in [2.45, 2.75) is 24.8 Å². The topological polar surface area (TPSA) is 26.0 Å². The Kier molecular flexibility index (Phi) is 2.11. The number of benzene rings is 1. The normalized spacial score (nSPS) is 32.5. The molecule has 2 heteroatoms. The Hall–Kier alpha value is -0.790. The molecule has 1 aromatic carbocycles. The Balaban J connectivity index is 2.09. The molecule has 0 aromatic heterocycles. The van der Waals surface area contributed by atoms with Crippen LogP contribution in [0.1, 0.15) is 23.5 Å². The van der Waals surface area contributed by atoms with E-state index in [1.165, 1.54) is 17.5 Å². The van der Waals surface area contributed by atoms with Crippen LogP contribution in [0.15, 0.2) is 30.4 Å². The highest BCUT2D eigenvalue weighted by Gasteiger charge is 2.31. The molecule has 0 heterocycles. The first-order chi connectivity index (χ1) is 7.24. The van der Waals surface area contributed by atoms with E-state index in [4.69, 9.17) is 17.3 Å². The summed E-state index contributed by atoms with van der Waals surface area (Å²) in [6.07, 6.45) is 6.70. The predicted octanol–water partition coefficient (Wildman–Crippen LogP) is 2.88. The Morgan fingerprint density at radius 3 is 3.00 bits per heavy atom. The van der Waals surface area contributed by atoms with Gasteiger partial charge in [-0.05, 0) is 42.0 Å². The fourth-order valence-corrected chi connectivity index (χ4v) is 3.02. The van der Waals surface area contributed by atoms with Gasteiger partial charge in [0.2, 0.25) is 0 Å². The van der Waals surface area contributed by atoms with E-state index in [0.717, 1.165) is 11.4 Å². The number of fused-ring (bicyclic) bond motifs is 4. The van der Waals surface area contributed by atoms with Crippen molar-refractivity contribution in [2.75, 3.05) is 0 Å². The summed E-state index contributed by atoms with van der Waals surface area (Å²) in [5.74, 6) is 1.17. The van der Waals surface area contributed by atoms with E-state index in [1.54, 1.807) is 0 Å². The first kappa shape index (κ1) is 9.44. The zero-order valence-corrected chi connectivity index (χ0v) is 9.24. The lowest BCUT2D eigenvalue weighted by atomic mass is 9.71. The molecule has 78 valence electrons. The molecule has 15 heavy (non-hydrogen) atoms. The first-order valence-electron chi connectivity index (χ1n) is 5.46. The molecule has 1 aromatic rings. The van der Waals surface area contributed by atoms with Gasteiger partial charge in [-0.25, -0.2) is 0 Å². The number of nitrogens with two attached hydrogens (primary N) is 1. The molecular formula is C13H14ClN. The van der Waals surface area contributed by atoms with Crippen molar-refractivity contribution in [3.8, 4) is 0 Å². The summed E-state index contributed by atoms with van der Waals surface area (Å²) < 4.78 is 0. The molecule has 0 aliphatic heterocycles.